The van der Waals surface area contributed by atoms with Crippen LogP contribution in [-0.4, -0.2) is 5.91 Å². The number of halogens is 2. The molecule has 0 atom stereocenters. The Balaban J connectivity index is 2.03. The van der Waals surface area contributed by atoms with Crippen molar-refractivity contribution in [3.05, 3.63) is 57.7 Å². The van der Waals surface area contributed by atoms with Gasteiger partial charge in [0.05, 0.1) is 11.6 Å². The third kappa shape index (κ3) is 3.20. The molecule has 0 saturated carbocycles. The molecule has 2 aromatic rings. The molecule has 1 N–H and O–H groups in total. The Morgan fingerprint density at radius 3 is 2.79 bits per heavy atom. The number of hydrogen-bond donors (Lipinski definition) is 1. The second-order valence-electron chi connectivity index (χ2n) is 3.70. The average molecular weight is 323 g/mol. The summed E-state index contributed by atoms with van der Waals surface area (Å²) < 4.78 is 19.1. The van der Waals surface area contributed by atoms with Crippen molar-refractivity contribution in [1.82, 2.24) is 5.32 Å². The van der Waals surface area contributed by atoms with Gasteiger partial charge in [0, 0.05) is 12.1 Å². The van der Waals surface area contributed by atoms with E-state index in [9.17, 15) is 9.18 Å². The van der Waals surface area contributed by atoms with Crippen molar-refractivity contribution in [1.29, 1.82) is 5.26 Å². The van der Waals surface area contributed by atoms with Crippen molar-refractivity contribution in [3.8, 4) is 6.07 Å². The zero-order valence-electron chi connectivity index (χ0n) is 9.61. The molecule has 0 aliphatic rings. The van der Waals surface area contributed by atoms with Crippen LogP contribution in [0.15, 0.2) is 39.4 Å². The summed E-state index contributed by atoms with van der Waals surface area (Å²) in [6, 6.07) is 9.03. The molecule has 0 unspecified atom stereocenters. The molecule has 2 rings (SSSR count). The second-order valence-corrected chi connectivity index (χ2v) is 4.49. The highest BCUT2D eigenvalue weighted by Gasteiger charge is 2.11. The van der Waals surface area contributed by atoms with Gasteiger partial charge in [-0.2, -0.15) is 5.26 Å². The number of hydrogen-bond acceptors (Lipinski definition) is 3. The number of carbonyl (C=O) groups excluding carboxylic acids is 1. The minimum Gasteiger partial charge on any atom is -0.444 e. The van der Waals surface area contributed by atoms with E-state index in [-0.39, 0.29) is 17.9 Å². The fraction of sp³-hybridized carbons (Fsp3) is 0.0769. The van der Waals surface area contributed by atoms with Crippen LogP contribution in [0.4, 0.5) is 4.39 Å². The van der Waals surface area contributed by atoms with E-state index in [4.69, 9.17) is 9.68 Å². The molecule has 0 bridgehead atoms. The summed E-state index contributed by atoms with van der Waals surface area (Å²) in [7, 11) is 0. The summed E-state index contributed by atoms with van der Waals surface area (Å²) in [5.74, 6) is -0.824. The lowest BCUT2D eigenvalue weighted by Gasteiger charge is -2.05. The first-order valence-corrected chi connectivity index (χ1v) is 6.11. The first-order chi connectivity index (χ1) is 9.10. The number of benzene rings is 1. The molecule has 4 nitrogen and oxygen atoms in total. The van der Waals surface area contributed by atoms with E-state index in [0.29, 0.717) is 10.2 Å². The molecule has 0 saturated heterocycles. The van der Waals surface area contributed by atoms with Crippen molar-refractivity contribution in [3.63, 3.8) is 0 Å². The van der Waals surface area contributed by atoms with Gasteiger partial charge in [0.15, 0.2) is 10.4 Å². The van der Waals surface area contributed by atoms with Gasteiger partial charge in [-0.1, -0.05) is 6.07 Å². The van der Waals surface area contributed by atoms with Crippen molar-refractivity contribution in [2.24, 2.45) is 0 Å². The Hall–Kier alpha value is -2.13. The summed E-state index contributed by atoms with van der Waals surface area (Å²) in [5.41, 5.74) is 0.542. The van der Waals surface area contributed by atoms with E-state index in [1.807, 2.05) is 6.07 Å². The standard InChI is InChI=1S/C13H8BrFN2O2/c14-12-4-3-11(19-12)13(18)17-7-9-2-1-8(6-16)5-10(9)15/h1-5H,7H2,(H,17,18). The van der Waals surface area contributed by atoms with Gasteiger partial charge in [0.25, 0.3) is 5.91 Å². The van der Waals surface area contributed by atoms with Gasteiger partial charge in [0.2, 0.25) is 0 Å². The van der Waals surface area contributed by atoms with E-state index in [2.05, 4.69) is 21.2 Å². The molecule has 19 heavy (non-hydrogen) atoms. The molecule has 0 fully saturated rings. The molecule has 1 aromatic carbocycles. The Kier molecular flexibility index (Phi) is 3.97. The monoisotopic (exact) mass is 322 g/mol. The van der Waals surface area contributed by atoms with E-state index < -0.39 is 11.7 Å². The van der Waals surface area contributed by atoms with Crippen LogP contribution in [0.25, 0.3) is 0 Å². The van der Waals surface area contributed by atoms with E-state index in [0.717, 1.165) is 6.07 Å². The van der Waals surface area contributed by atoms with Gasteiger partial charge in [0.1, 0.15) is 5.82 Å². The summed E-state index contributed by atoms with van der Waals surface area (Å²) in [6.45, 7) is 0.0225. The Morgan fingerprint density at radius 2 is 2.21 bits per heavy atom. The van der Waals surface area contributed by atoms with Crippen LogP contribution in [0.2, 0.25) is 0 Å². The van der Waals surface area contributed by atoms with Gasteiger partial charge in [-0.05, 0) is 40.2 Å². The summed E-state index contributed by atoms with van der Waals surface area (Å²) in [4.78, 5) is 11.7. The third-order valence-electron chi connectivity index (χ3n) is 2.42. The molecule has 6 heteroatoms. The molecule has 0 radical (unpaired) electrons. The number of carbonyl (C=O) groups is 1. The predicted octanol–water partition coefficient (Wildman–Crippen LogP) is 2.98. The second kappa shape index (κ2) is 5.67. The van der Waals surface area contributed by atoms with Gasteiger partial charge in [-0.15, -0.1) is 0 Å². The maximum atomic E-state index is 13.6. The maximum Gasteiger partial charge on any atom is 0.287 e. The Bertz CT molecular complexity index is 661. The summed E-state index contributed by atoms with van der Waals surface area (Å²) >= 11 is 3.09. The summed E-state index contributed by atoms with van der Waals surface area (Å²) in [6.07, 6.45) is 0. The Morgan fingerprint density at radius 1 is 1.42 bits per heavy atom. The number of amides is 1. The topological polar surface area (TPSA) is 66.0 Å². The van der Waals surface area contributed by atoms with Crippen LogP contribution in [0.5, 0.6) is 0 Å². The zero-order chi connectivity index (χ0) is 13.8. The van der Waals surface area contributed by atoms with Crippen molar-refractivity contribution in [2.75, 3.05) is 0 Å². The van der Waals surface area contributed by atoms with Crippen LogP contribution >= 0.6 is 15.9 Å². The maximum absolute atomic E-state index is 13.6. The third-order valence-corrected chi connectivity index (χ3v) is 2.84. The number of rotatable bonds is 3. The molecular formula is C13H8BrFN2O2. The van der Waals surface area contributed by atoms with Crippen molar-refractivity contribution in [2.45, 2.75) is 6.54 Å². The first kappa shape index (κ1) is 13.3. The minimum atomic E-state index is -0.528. The van der Waals surface area contributed by atoms with Gasteiger partial charge in [-0.25, -0.2) is 4.39 Å². The average Bonchev–Trinajstić information content (AvgIpc) is 2.83. The first-order valence-electron chi connectivity index (χ1n) is 5.32. The highest BCUT2D eigenvalue weighted by atomic mass is 79.9. The normalized spacial score (nSPS) is 9.95. The van der Waals surface area contributed by atoms with Crippen LogP contribution in [-0.2, 0) is 6.54 Å². The quantitative estimate of drug-likeness (QED) is 0.944. The number of nitrogens with one attached hydrogen (secondary N) is 1. The van der Waals surface area contributed by atoms with Gasteiger partial charge in [-0.3, -0.25) is 4.79 Å². The van der Waals surface area contributed by atoms with Crippen LogP contribution in [0.1, 0.15) is 21.7 Å². The van der Waals surface area contributed by atoms with E-state index in [1.54, 1.807) is 6.07 Å². The van der Waals surface area contributed by atoms with Crippen molar-refractivity contribution < 1.29 is 13.6 Å². The largest absolute Gasteiger partial charge is 0.444 e. The molecule has 96 valence electrons. The lowest BCUT2D eigenvalue weighted by molar-refractivity contribution is 0.0921. The van der Waals surface area contributed by atoms with Gasteiger partial charge < -0.3 is 9.73 Å². The molecule has 1 heterocycles. The SMILES string of the molecule is N#Cc1ccc(CNC(=O)c2ccc(Br)o2)c(F)c1. The minimum absolute atomic E-state index is 0.0225. The Labute approximate surface area is 117 Å². The van der Waals surface area contributed by atoms with Crippen molar-refractivity contribution >= 4 is 21.8 Å². The molecule has 0 spiro atoms. The smallest absolute Gasteiger partial charge is 0.287 e. The predicted molar refractivity (Wildman–Crippen MR) is 68.7 cm³/mol. The zero-order valence-corrected chi connectivity index (χ0v) is 11.2. The van der Waals surface area contributed by atoms with Crippen LogP contribution in [0.3, 0.4) is 0 Å². The molecule has 0 aliphatic carbocycles. The highest BCUT2D eigenvalue weighted by Crippen LogP contribution is 2.14. The molecule has 1 amide bonds. The number of nitrogens with zero attached hydrogens (tertiary/aromatic N) is 1. The summed E-state index contributed by atoms with van der Waals surface area (Å²) in [5, 5.41) is 11.1. The highest BCUT2D eigenvalue weighted by molar-refractivity contribution is 9.10. The fourth-order valence-corrected chi connectivity index (χ4v) is 1.77. The lowest BCUT2D eigenvalue weighted by Crippen LogP contribution is -2.22. The van der Waals surface area contributed by atoms with Gasteiger partial charge >= 0.3 is 0 Å². The lowest BCUT2D eigenvalue weighted by atomic mass is 10.1. The molecule has 0 aliphatic heterocycles. The van der Waals surface area contributed by atoms with E-state index in [1.165, 1.54) is 18.2 Å². The molecule has 1 aromatic heterocycles. The number of furan rings is 1. The van der Waals surface area contributed by atoms with E-state index >= 15 is 0 Å². The van der Waals surface area contributed by atoms with Crippen LogP contribution in [0, 0.1) is 17.1 Å². The van der Waals surface area contributed by atoms with Crippen LogP contribution < -0.4 is 5.32 Å². The fourth-order valence-electron chi connectivity index (χ4n) is 1.46. The molecular weight excluding hydrogens is 315 g/mol. The number of nitriles is 1.